The smallest absolute Gasteiger partial charge is 0.0368 e. The number of anilines is 2. The Morgan fingerprint density at radius 3 is 2.67 bits per heavy atom. The molecule has 1 heterocycles. The standard InChI is InChI=1S/C12H19N3/c1-14-11-4-6-12(7-5-11)15-8-2-3-10(13)9-15/h4-7,10,14H,2-3,8-9,13H2,1H3. The Bertz CT molecular complexity index is 307. The molecular weight excluding hydrogens is 186 g/mol. The van der Waals surface area contributed by atoms with Gasteiger partial charge in [0.2, 0.25) is 0 Å². The average Bonchev–Trinajstić information content (AvgIpc) is 2.29. The molecule has 0 aliphatic carbocycles. The molecular formula is C12H19N3. The molecule has 15 heavy (non-hydrogen) atoms. The van der Waals surface area contributed by atoms with Crippen molar-refractivity contribution in [3.63, 3.8) is 0 Å². The third-order valence-corrected chi connectivity index (χ3v) is 2.98. The second kappa shape index (κ2) is 4.53. The van der Waals surface area contributed by atoms with E-state index in [-0.39, 0.29) is 0 Å². The maximum absolute atomic E-state index is 5.96. The summed E-state index contributed by atoms with van der Waals surface area (Å²) in [5, 5.41) is 3.12. The van der Waals surface area contributed by atoms with Gasteiger partial charge in [0.1, 0.15) is 0 Å². The van der Waals surface area contributed by atoms with Gasteiger partial charge < -0.3 is 16.0 Å². The first-order valence-corrected chi connectivity index (χ1v) is 5.58. The van der Waals surface area contributed by atoms with Crippen LogP contribution in [-0.2, 0) is 0 Å². The van der Waals surface area contributed by atoms with E-state index < -0.39 is 0 Å². The first-order valence-electron chi connectivity index (χ1n) is 5.58. The van der Waals surface area contributed by atoms with E-state index in [1.807, 2.05) is 7.05 Å². The molecule has 0 spiro atoms. The highest BCUT2D eigenvalue weighted by molar-refractivity contribution is 5.55. The number of hydrogen-bond acceptors (Lipinski definition) is 3. The van der Waals surface area contributed by atoms with E-state index in [2.05, 4.69) is 34.5 Å². The minimum Gasteiger partial charge on any atom is -0.388 e. The summed E-state index contributed by atoms with van der Waals surface area (Å²) in [6.07, 6.45) is 2.36. The lowest BCUT2D eigenvalue weighted by molar-refractivity contribution is 0.506. The minimum absolute atomic E-state index is 0.336. The highest BCUT2D eigenvalue weighted by Crippen LogP contribution is 2.21. The van der Waals surface area contributed by atoms with E-state index in [1.54, 1.807) is 0 Å². The van der Waals surface area contributed by atoms with Gasteiger partial charge >= 0.3 is 0 Å². The van der Waals surface area contributed by atoms with E-state index in [0.717, 1.165) is 25.2 Å². The molecule has 1 fully saturated rings. The van der Waals surface area contributed by atoms with Gasteiger partial charge in [-0.05, 0) is 37.1 Å². The van der Waals surface area contributed by atoms with Crippen LogP contribution in [-0.4, -0.2) is 26.2 Å². The van der Waals surface area contributed by atoms with Crippen molar-refractivity contribution in [3.8, 4) is 0 Å². The van der Waals surface area contributed by atoms with Crippen LogP contribution >= 0.6 is 0 Å². The summed E-state index contributed by atoms with van der Waals surface area (Å²) in [5.41, 5.74) is 8.40. The molecule has 0 amide bonds. The second-order valence-corrected chi connectivity index (χ2v) is 4.15. The summed E-state index contributed by atoms with van der Waals surface area (Å²) in [6, 6.07) is 8.86. The van der Waals surface area contributed by atoms with Crippen LogP contribution in [0.4, 0.5) is 11.4 Å². The lowest BCUT2D eigenvalue weighted by Gasteiger charge is -2.32. The van der Waals surface area contributed by atoms with Crippen LogP contribution in [0.5, 0.6) is 0 Å². The zero-order chi connectivity index (χ0) is 10.7. The van der Waals surface area contributed by atoms with Crippen molar-refractivity contribution in [3.05, 3.63) is 24.3 Å². The van der Waals surface area contributed by atoms with Gasteiger partial charge in [-0.3, -0.25) is 0 Å². The van der Waals surface area contributed by atoms with Gasteiger partial charge in [-0.25, -0.2) is 0 Å². The molecule has 82 valence electrons. The Balaban J connectivity index is 2.07. The molecule has 2 rings (SSSR count). The average molecular weight is 205 g/mol. The Hall–Kier alpha value is -1.22. The Morgan fingerprint density at radius 1 is 1.33 bits per heavy atom. The van der Waals surface area contributed by atoms with E-state index >= 15 is 0 Å². The molecule has 0 bridgehead atoms. The lowest BCUT2D eigenvalue weighted by atomic mass is 10.1. The summed E-state index contributed by atoms with van der Waals surface area (Å²) in [4.78, 5) is 2.37. The van der Waals surface area contributed by atoms with Crippen molar-refractivity contribution in [2.24, 2.45) is 5.73 Å². The number of rotatable bonds is 2. The predicted octanol–water partition coefficient (Wildman–Crippen LogP) is 1.66. The van der Waals surface area contributed by atoms with Gasteiger partial charge in [0, 0.05) is 37.6 Å². The first kappa shape index (κ1) is 10.3. The molecule has 1 saturated heterocycles. The third-order valence-electron chi connectivity index (χ3n) is 2.98. The molecule has 1 unspecified atom stereocenters. The van der Waals surface area contributed by atoms with E-state index in [9.17, 15) is 0 Å². The molecule has 3 nitrogen and oxygen atoms in total. The number of hydrogen-bond donors (Lipinski definition) is 2. The Morgan fingerprint density at radius 2 is 2.07 bits per heavy atom. The van der Waals surface area contributed by atoms with E-state index in [0.29, 0.717) is 6.04 Å². The molecule has 1 aromatic rings. The third kappa shape index (κ3) is 2.42. The van der Waals surface area contributed by atoms with Crippen LogP contribution in [0, 0.1) is 0 Å². The van der Waals surface area contributed by atoms with Gasteiger partial charge in [-0.15, -0.1) is 0 Å². The van der Waals surface area contributed by atoms with Gasteiger partial charge in [0.05, 0.1) is 0 Å². The van der Waals surface area contributed by atoms with Crippen LogP contribution in [0.1, 0.15) is 12.8 Å². The lowest BCUT2D eigenvalue weighted by Crippen LogP contribution is -2.42. The topological polar surface area (TPSA) is 41.3 Å². The summed E-state index contributed by atoms with van der Waals surface area (Å²) < 4.78 is 0. The monoisotopic (exact) mass is 205 g/mol. The number of benzene rings is 1. The predicted molar refractivity (Wildman–Crippen MR) is 65.4 cm³/mol. The van der Waals surface area contributed by atoms with Crippen LogP contribution in [0.25, 0.3) is 0 Å². The SMILES string of the molecule is CNc1ccc(N2CCCC(N)C2)cc1. The summed E-state index contributed by atoms with van der Waals surface area (Å²) >= 11 is 0. The largest absolute Gasteiger partial charge is 0.388 e. The molecule has 0 aromatic heterocycles. The molecule has 1 aliphatic heterocycles. The fraction of sp³-hybridized carbons (Fsp3) is 0.500. The van der Waals surface area contributed by atoms with Crippen molar-refractivity contribution in [2.45, 2.75) is 18.9 Å². The normalized spacial score (nSPS) is 21.5. The Labute approximate surface area is 91.3 Å². The molecule has 1 aromatic carbocycles. The minimum atomic E-state index is 0.336. The highest BCUT2D eigenvalue weighted by Gasteiger charge is 2.16. The second-order valence-electron chi connectivity index (χ2n) is 4.15. The van der Waals surface area contributed by atoms with E-state index in [1.165, 1.54) is 12.1 Å². The van der Waals surface area contributed by atoms with E-state index in [4.69, 9.17) is 5.73 Å². The molecule has 0 saturated carbocycles. The van der Waals surface area contributed by atoms with Gasteiger partial charge in [-0.1, -0.05) is 0 Å². The number of piperidine rings is 1. The van der Waals surface area contributed by atoms with Crippen molar-refractivity contribution in [1.29, 1.82) is 0 Å². The summed E-state index contributed by atoms with van der Waals surface area (Å²) in [5.74, 6) is 0. The fourth-order valence-corrected chi connectivity index (χ4v) is 2.08. The molecule has 3 N–H and O–H groups in total. The molecule has 3 heteroatoms. The maximum Gasteiger partial charge on any atom is 0.0368 e. The van der Waals surface area contributed by atoms with Gasteiger partial charge in [-0.2, -0.15) is 0 Å². The molecule has 1 atom stereocenters. The van der Waals surface area contributed by atoms with Crippen molar-refractivity contribution in [2.75, 3.05) is 30.4 Å². The van der Waals surface area contributed by atoms with Crippen LogP contribution in [0.3, 0.4) is 0 Å². The highest BCUT2D eigenvalue weighted by atomic mass is 15.1. The summed E-state index contributed by atoms with van der Waals surface area (Å²) in [6.45, 7) is 2.12. The Kier molecular flexibility index (Phi) is 3.11. The van der Waals surface area contributed by atoms with Crippen molar-refractivity contribution >= 4 is 11.4 Å². The van der Waals surface area contributed by atoms with Gasteiger partial charge in [0.15, 0.2) is 0 Å². The summed E-state index contributed by atoms with van der Waals surface area (Å²) in [7, 11) is 1.94. The molecule has 0 radical (unpaired) electrons. The molecule has 1 aliphatic rings. The van der Waals surface area contributed by atoms with Crippen LogP contribution < -0.4 is 16.0 Å². The van der Waals surface area contributed by atoms with Crippen LogP contribution in [0.2, 0.25) is 0 Å². The zero-order valence-electron chi connectivity index (χ0n) is 9.24. The number of nitrogens with zero attached hydrogens (tertiary/aromatic N) is 1. The quantitative estimate of drug-likeness (QED) is 0.771. The first-order chi connectivity index (χ1) is 7.29. The number of nitrogens with one attached hydrogen (secondary N) is 1. The van der Waals surface area contributed by atoms with Crippen molar-refractivity contribution in [1.82, 2.24) is 0 Å². The maximum atomic E-state index is 5.96. The van der Waals surface area contributed by atoms with Crippen molar-refractivity contribution < 1.29 is 0 Å². The zero-order valence-corrected chi connectivity index (χ0v) is 9.24. The van der Waals surface area contributed by atoms with Gasteiger partial charge in [0.25, 0.3) is 0 Å². The van der Waals surface area contributed by atoms with Crippen LogP contribution in [0.15, 0.2) is 24.3 Å². The fourth-order valence-electron chi connectivity index (χ4n) is 2.08. The number of nitrogens with two attached hydrogens (primary N) is 1.